The second-order valence-electron chi connectivity index (χ2n) is 5.32. The Morgan fingerprint density at radius 2 is 1.92 bits per heavy atom. The first-order valence-corrected chi connectivity index (χ1v) is 7.44. The average molecular weight is 344 g/mol. The molecule has 8 heteroatoms. The molecule has 2 heterocycles. The van der Waals surface area contributed by atoms with Crippen molar-refractivity contribution in [3.8, 4) is 0 Å². The van der Waals surface area contributed by atoms with E-state index in [4.69, 9.17) is 16.3 Å². The first-order valence-electron chi connectivity index (χ1n) is 7.06. The molecular weight excluding hydrogens is 334 g/mol. The number of halogens is 1. The molecular formula is C16H10ClN3O4. The van der Waals surface area contributed by atoms with Gasteiger partial charge in [-0.05, 0) is 12.1 Å². The number of carbonyl (C=O) groups excluding carboxylic acids is 1. The van der Waals surface area contributed by atoms with Gasteiger partial charge in [0.1, 0.15) is 5.70 Å². The van der Waals surface area contributed by atoms with Crippen LogP contribution in [0.2, 0.25) is 5.02 Å². The number of fused-ring (bicyclic) bond motifs is 1. The van der Waals surface area contributed by atoms with E-state index in [0.717, 1.165) is 0 Å². The van der Waals surface area contributed by atoms with E-state index in [-0.39, 0.29) is 23.1 Å². The zero-order chi connectivity index (χ0) is 16.8. The van der Waals surface area contributed by atoms with Gasteiger partial charge in [-0.3, -0.25) is 14.9 Å². The van der Waals surface area contributed by atoms with Crippen molar-refractivity contribution in [1.82, 2.24) is 0 Å². The third kappa shape index (κ3) is 2.17. The summed E-state index contributed by atoms with van der Waals surface area (Å²) in [5, 5.41) is 17.2. The monoisotopic (exact) mass is 343 g/mol. The van der Waals surface area contributed by atoms with Gasteiger partial charge >= 0.3 is 0 Å². The summed E-state index contributed by atoms with van der Waals surface area (Å²) >= 11 is 6.15. The Kier molecular flexibility index (Phi) is 3.17. The fourth-order valence-corrected chi connectivity index (χ4v) is 2.93. The predicted octanol–water partition coefficient (Wildman–Crippen LogP) is 3.60. The highest BCUT2D eigenvalue weighted by molar-refractivity contribution is 6.31. The number of hydrogen-bond donors (Lipinski definition) is 2. The number of nitrogens with zero attached hydrogens (tertiary/aromatic N) is 1. The van der Waals surface area contributed by atoms with Crippen LogP contribution in [0.1, 0.15) is 11.7 Å². The largest absolute Gasteiger partial charge is 0.461 e. The van der Waals surface area contributed by atoms with Gasteiger partial charge in [0.2, 0.25) is 11.7 Å². The standard InChI is InChI=1S/C16H10ClN3O4/c17-10-4-2-1-3-9(10)15-14(21)13-16(24-15)19-12-7-8(20(22)23)5-6-11(12)18-13/h1-7,15,18-19H/t15-/m1/s1. The van der Waals surface area contributed by atoms with Crippen LogP contribution in [-0.4, -0.2) is 10.7 Å². The quantitative estimate of drug-likeness (QED) is 0.639. The van der Waals surface area contributed by atoms with Crippen molar-refractivity contribution in [2.45, 2.75) is 6.10 Å². The van der Waals surface area contributed by atoms with Crippen LogP contribution in [0.3, 0.4) is 0 Å². The first kappa shape index (κ1) is 14.5. The van der Waals surface area contributed by atoms with E-state index >= 15 is 0 Å². The molecule has 0 fully saturated rings. The Morgan fingerprint density at radius 3 is 2.67 bits per heavy atom. The molecule has 120 valence electrons. The van der Waals surface area contributed by atoms with E-state index in [2.05, 4.69) is 10.6 Å². The number of hydrogen-bond acceptors (Lipinski definition) is 6. The number of non-ortho nitro benzene ring substituents is 1. The molecule has 0 bridgehead atoms. The summed E-state index contributed by atoms with van der Waals surface area (Å²) < 4.78 is 5.70. The number of benzene rings is 2. The van der Waals surface area contributed by atoms with Crippen LogP contribution >= 0.6 is 11.6 Å². The Balaban J connectivity index is 1.67. The second-order valence-corrected chi connectivity index (χ2v) is 5.73. The van der Waals surface area contributed by atoms with Crippen molar-refractivity contribution >= 4 is 34.4 Å². The van der Waals surface area contributed by atoms with Crippen molar-refractivity contribution in [3.05, 3.63) is 74.7 Å². The molecule has 0 amide bonds. The summed E-state index contributed by atoms with van der Waals surface area (Å²) in [5.74, 6) is -0.0208. The van der Waals surface area contributed by atoms with Gasteiger partial charge in [0.05, 0.1) is 16.3 Å². The van der Waals surface area contributed by atoms with Crippen molar-refractivity contribution in [1.29, 1.82) is 0 Å². The lowest BCUT2D eigenvalue weighted by molar-refractivity contribution is -0.384. The molecule has 24 heavy (non-hydrogen) atoms. The third-order valence-corrected chi connectivity index (χ3v) is 4.20. The third-order valence-electron chi connectivity index (χ3n) is 3.86. The van der Waals surface area contributed by atoms with Crippen LogP contribution < -0.4 is 10.6 Å². The van der Waals surface area contributed by atoms with Crippen molar-refractivity contribution in [2.24, 2.45) is 0 Å². The zero-order valence-corrected chi connectivity index (χ0v) is 12.8. The molecule has 2 N–H and O–H groups in total. The summed E-state index contributed by atoms with van der Waals surface area (Å²) in [4.78, 5) is 23.0. The number of anilines is 2. The summed E-state index contributed by atoms with van der Waals surface area (Å²) in [7, 11) is 0. The second kappa shape index (κ2) is 5.24. The topological polar surface area (TPSA) is 93.5 Å². The summed E-state index contributed by atoms with van der Waals surface area (Å²) in [6.45, 7) is 0. The molecule has 2 aliphatic heterocycles. The van der Waals surface area contributed by atoms with Crippen molar-refractivity contribution < 1.29 is 14.5 Å². The molecule has 0 saturated heterocycles. The minimum absolute atomic E-state index is 0.0564. The molecule has 7 nitrogen and oxygen atoms in total. The van der Waals surface area contributed by atoms with Gasteiger partial charge in [0.15, 0.2) is 6.10 Å². The Hall–Kier alpha value is -3.06. The molecule has 1 atom stereocenters. The van der Waals surface area contributed by atoms with E-state index in [1.54, 1.807) is 30.3 Å². The lowest BCUT2D eigenvalue weighted by Gasteiger charge is -2.19. The number of nitro groups is 1. The van der Waals surface area contributed by atoms with Gasteiger partial charge in [-0.25, -0.2) is 0 Å². The molecule has 0 aliphatic carbocycles. The molecule has 0 aromatic heterocycles. The fraction of sp³-hybridized carbons (Fsp3) is 0.0625. The number of nitrogens with one attached hydrogen (secondary N) is 2. The number of nitro benzene ring substituents is 1. The van der Waals surface area contributed by atoms with E-state index in [1.165, 1.54) is 12.1 Å². The number of rotatable bonds is 2. The van der Waals surface area contributed by atoms with Crippen LogP contribution in [0.25, 0.3) is 0 Å². The van der Waals surface area contributed by atoms with Gasteiger partial charge in [0.25, 0.3) is 5.69 Å². The smallest absolute Gasteiger partial charge is 0.271 e. The Morgan fingerprint density at radius 1 is 1.12 bits per heavy atom. The molecule has 2 aromatic rings. The lowest BCUT2D eigenvalue weighted by atomic mass is 10.0. The number of ether oxygens (including phenoxy) is 1. The van der Waals surface area contributed by atoms with Crippen LogP contribution in [0.4, 0.5) is 17.1 Å². The average Bonchev–Trinajstić information content (AvgIpc) is 2.89. The highest BCUT2D eigenvalue weighted by Gasteiger charge is 2.40. The highest BCUT2D eigenvalue weighted by atomic mass is 35.5. The van der Waals surface area contributed by atoms with E-state index in [9.17, 15) is 14.9 Å². The Bertz CT molecular complexity index is 925. The van der Waals surface area contributed by atoms with Crippen molar-refractivity contribution in [3.63, 3.8) is 0 Å². The zero-order valence-electron chi connectivity index (χ0n) is 12.1. The SMILES string of the molecule is O=C1C2=C(Nc3cc([N+](=O)[O-])ccc3N2)O[C@@H]1c1ccccc1Cl. The van der Waals surface area contributed by atoms with E-state index in [1.807, 2.05) is 0 Å². The molecule has 0 radical (unpaired) electrons. The maximum Gasteiger partial charge on any atom is 0.271 e. The van der Waals surface area contributed by atoms with Gasteiger partial charge in [0, 0.05) is 22.7 Å². The van der Waals surface area contributed by atoms with Gasteiger partial charge < -0.3 is 15.4 Å². The van der Waals surface area contributed by atoms with Gasteiger partial charge in [-0.15, -0.1) is 0 Å². The predicted molar refractivity (Wildman–Crippen MR) is 87.7 cm³/mol. The van der Waals surface area contributed by atoms with E-state index < -0.39 is 11.0 Å². The molecule has 2 aliphatic rings. The maximum atomic E-state index is 12.6. The first-order chi connectivity index (χ1) is 11.5. The minimum Gasteiger partial charge on any atom is -0.461 e. The minimum atomic E-state index is -0.854. The van der Waals surface area contributed by atoms with Gasteiger partial charge in [-0.2, -0.15) is 0 Å². The number of ketones is 1. The lowest BCUT2D eigenvalue weighted by Crippen LogP contribution is -2.18. The van der Waals surface area contributed by atoms with Crippen LogP contribution in [0.15, 0.2) is 54.0 Å². The molecule has 0 unspecified atom stereocenters. The molecule has 0 saturated carbocycles. The molecule has 4 rings (SSSR count). The molecule has 0 spiro atoms. The van der Waals surface area contributed by atoms with Crippen LogP contribution in [-0.2, 0) is 9.53 Å². The molecule has 2 aromatic carbocycles. The van der Waals surface area contributed by atoms with Gasteiger partial charge in [-0.1, -0.05) is 29.8 Å². The summed E-state index contributed by atoms with van der Waals surface area (Å²) in [6, 6.07) is 11.2. The number of carbonyl (C=O) groups is 1. The van der Waals surface area contributed by atoms with E-state index in [0.29, 0.717) is 22.0 Å². The maximum absolute atomic E-state index is 12.6. The highest BCUT2D eigenvalue weighted by Crippen LogP contribution is 2.41. The Labute approximate surface area is 141 Å². The fourth-order valence-electron chi connectivity index (χ4n) is 2.69. The summed E-state index contributed by atoms with van der Waals surface area (Å²) in [6.07, 6.45) is -0.854. The number of Topliss-reactive ketones (excluding diaryl/α,β-unsaturated/α-hetero) is 1. The summed E-state index contributed by atoms with van der Waals surface area (Å²) in [5.41, 5.74) is 1.82. The van der Waals surface area contributed by atoms with Crippen LogP contribution in [0, 0.1) is 10.1 Å². The van der Waals surface area contributed by atoms with Crippen LogP contribution in [0.5, 0.6) is 0 Å². The normalized spacial score (nSPS) is 18.2. The van der Waals surface area contributed by atoms with Crippen molar-refractivity contribution in [2.75, 3.05) is 10.6 Å².